The minimum atomic E-state index is -0.694. The average molecular weight is 269 g/mol. The molecule has 0 aliphatic rings. The Morgan fingerprint density at radius 2 is 2.05 bits per heavy atom. The van der Waals surface area contributed by atoms with Gasteiger partial charge in [-0.25, -0.2) is 10.2 Å². The zero-order valence-electron chi connectivity index (χ0n) is 11.0. The molecule has 2 aromatic rings. The molecule has 3 N–H and O–H groups in total. The molecule has 0 unspecified atom stereocenters. The van der Waals surface area contributed by atoms with E-state index in [0.29, 0.717) is 0 Å². The molecule has 0 saturated carbocycles. The Balaban J connectivity index is 2.36. The summed E-state index contributed by atoms with van der Waals surface area (Å²) in [6.07, 6.45) is 1.56. The van der Waals surface area contributed by atoms with E-state index in [1.165, 1.54) is 0 Å². The van der Waals surface area contributed by atoms with Gasteiger partial charge in [-0.1, -0.05) is 36.4 Å². The SMILES string of the molecule is COc1cccc(-c2ccccc2C=NNC(N)=O)c1. The van der Waals surface area contributed by atoms with Crippen LogP contribution in [0.4, 0.5) is 4.79 Å². The van der Waals surface area contributed by atoms with Crippen molar-refractivity contribution < 1.29 is 9.53 Å². The smallest absolute Gasteiger partial charge is 0.332 e. The molecule has 0 atom stereocenters. The summed E-state index contributed by atoms with van der Waals surface area (Å²) in [5.74, 6) is 0.782. The van der Waals surface area contributed by atoms with Gasteiger partial charge in [0.2, 0.25) is 0 Å². The van der Waals surface area contributed by atoms with Crippen LogP contribution in [0.15, 0.2) is 53.6 Å². The van der Waals surface area contributed by atoms with Gasteiger partial charge in [0.25, 0.3) is 0 Å². The minimum Gasteiger partial charge on any atom is -0.497 e. The number of carbonyl (C=O) groups excluding carboxylic acids is 1. The van der Waals surface area contributed by atoms with Crippen LogP contribution in [0.1, 0.15) is 5.56 Å². The predicted molar refractivity (Wildman–Crippen MR) is 78.7 cm³/mol. The largest absolute Gasteiger partial charge is 0.497 e. The fourth-order valence-corrected chi connectivity index (χ4v) is 1.83. The van der Waals surface area contributed by atoms with Crippen LogP contribution in [0.2, 0.25) is 0 Å². The first kappa shape index (κ1) is 13.6. The van der Waals surface area contributed by atoms with E-state index in [4.69, 9.17) is 10.5 Å². The van der Waals surface area contributed by atoms with E-state index < -0.39 is 6.03 Å². The lowest BCUT2D eigenvalue weighted by atomic mass is 10.0. The standard InChI is InChI=1S/C15H15N3O2/c1-20-13-7-4-6-11(9-13)14-8-3-2-5-12(14)10-17-18-15(16)19/h2-10H,1H3,(H3,16,18,19). The topological polar surface area (TPSA) is 76.7 Å². The van der Waals surface area contributed by atoms with Crippen LogP contribution >= 0.6 is 0 Å². The first-order valence-corrected chi connectivity index (χ1v) is 6.02. The summed E-state index contributed by atoms with van der Waals surface area (Å²) < 4.78 is 5.22. The highest BCUT2D eigenvalue weighted by molar-refractivity contribution is 5.91. The van der Waals surface area contributed by atoms with Gasteiger partial charge in [-0.3, -0.25) is 0 Å². The molecule has 102 valence electrons. The first-order valence-electron chi connectivity index (χ1n) is 6.02. The summed E-state index contributed by atoms with van der Waals surface area (Å²) in [7, 11) is 1.63. The maximum absolute atomic E-state index is 10.6. The number of hydrogen-bond donors (Lipinski definition) is 2. The predicted octanol–water partition coefficient (Wildman–Crippen LogP) is 2.36. The zero-order chi connectivity index (χ0) is 14.4. The van der Waals surface area contributed by atoms with Gasteiger partial charge in [0.1, 0.15) is 5.75 Å². The molecule has 0 heterocycles. The number of nitrogens with two attached hydrogens (primary N) is 1. The van der Waals surface area contributed by atoms with Gasteiger partial charge in [0.05, 0.1) is 13.3 Å². The van der Waals surface area contributed by atoms with Crippen molar-refractivity contribution in [3.63, 3.8) is 0 Å². The Morgan fingerprint density at radius 3 is 2.80 bits per heavy atom. The van der Waals surface area contributed by atoms with Crippen molar-refractivity contribution in [1.82, 2.24) is 5.43 Å². The second-order valence-electron chi connectivity index (χ2n) is 4.05. The average Bonchev–Trinajstić information content (AvgIpc) is 2.47. The lowest BCUT2D eigenvalue weighted by Gasteiger charge is -2.07. The van der Waals surface area contributed by atoms with Crippen LogP contribution in [-0.2, 0) is 0 Å². The Morgan fingerprint density at radius 1 is 1.25 bits per heavy atom. The first-order chi connectivity index (χ1) is 9.70. The van der Waals surface area contributed by atoms with E-state index in [1.807, 2.05) is 48.5 Å². The number of nitrogens with one attached hydrogen (secondary N) is 1. The summed E-state index contributed by atoms with van der Waals surface area (Å²) in [5, 5.41) is 3.79. The fourth-order valence-electron chi connectivity index (χ4n) is 1.83. The molecule has 2 aromatic carbocycles. The maximum Gasteiger partial charge on any atom is 0.332 e. The Hall–Kier alpha value is -2.82. The highest BCUT2D eigenvalue weighted by Gasteiger charge is 2.04. The number of nitrogens with zero attached hydrogens (tertiary/aromatic N) is 1. The van der Waals surface area contributed by atoms with Gasteiger partial charge in [0, 0.05) is 5.56 Å². The number of primary amides is 1. The molecule has 20 heavy (non-hydrogen) atoms. The molecule has 0 radical (unpaired) electrons. The van der Waals surface area contributed by atoms with Crippen molar-refractivity contribution in [3.8, 4) is 16.9 Å². The Bertz CT molecular complexity index is 639. The quantitative estimate of drug-likeness (QED) is 0.660. The summed E-state index contributed by atoms with van der Waals surface area (Å²) in [5.41, 5.74) is 10.0. The third-order valence-corrected chi connectivity index (χ3v) is 2.72. The van der Waals surface area contributed by atoms with Gasteiger partial charge < -0.3 is 10.5 Å². The number of carbonyl (C=O) groups is 1. The van der Waals surface area contributed by atoms with Gasteiger partial charge >= 0.3 is 6.03 Å². The molecule has 0 aromatic heterocycles. The molecule has 0 spiro atoms. The summed E-state index contributed by atoms with van der Waals surface area (Å²) in [4.78, 5) is 10.6. The van der Waals surface area contributed by atoms with Crippen LogP contribution in [0.5, 0.6) is 5.75 Å². The van der Waals surface area contributed by atoms with E-state index in [1.54, 1.807) is 13.3 Å². The third kappa shape index (κ3) is 3.35. The van der Waals surface area contributed by atoms with E-state index in [2.05, 4.69) is 10.5 Å². The Labute approximate surface area is 117 Å². The zero-order valence-corrected chi connectivity index (χ0v) is 11.0. The second kappa shape index (κ2) is 6.38. The number of ether oxygens (including phenoxy) is 1. The molecular weight excluding hydrogens is 254 g/mol. The van der Waals surface area contributed by atoms with Crippen LogP contribution in [0.3, 0.4) is 0 Å². The number of benzene rings is 2. The number of hydrogen-bond acceptors (Lipinski definition) is 3. The van der Waals surface area contributed by atoms with Crippen LogP contribution in [0.25, 0.3) is 11.1 Å². The highest BCUT2D eigenvalue weighted by atomic mass is 16.5. The van der Waals surface area contributed by atoms with Crippen molar-refractivity contribution in [3.05, 3.63) is 54.1 Å². The van der Waals surface area contributed by atoms with Gasteiger partial charge in [-0.05, 0) is 23.3 Å². The molecule has 0 fully saturated rings. The highest BCUT2D eigenvalue weighted by Crippen LogP contribution is 2.26. The van der Waals surface area contributed by atoms with E-state index in [0.717, 1.165) is 22.4 Å². The number of urea groups is 1. The molecule has 0 aliphatic heterocycles. The molecule has 0 aliphatic carbocycles. The molecule has 2 amide bonds. The van der Waals surface area contributed by atoms with Gasteiger partial charge in [-0.2, -0.15) is 5.10 Å². The molecule has 2 rings (SSSR count). The summed E-state index contributed by atoms with van der Waals surface area (Å²) >= 11 is 0. The van der Waals surface area contributed by atoms with Crippen molar-refractivity contribution in [2.45, 2.75) is 0 Å². The lowest BCUT2D eigenvalue weighted by Crippen LogP contribution is -2.24. The van der Waals surface area contributed by atoms with E-state index in [9.17, 15) is 4.79 Å². The van der Waals surface area contributed by atoms with Crippen molar-refractivity contribution >= 4 is 12.2 Å². The minimum absolute atomic E-state index is 0.694. The van der Waals surface area contributed by atoms with E-state index in [-0.39, 0.29) is 0 Å². The second-order valence-corrected chi connectivity index (χ2v) is 4.05. The Kier molecular flexibility index (Phi) is 4.34. The summed E-state index contributed by atoms with van der Waals surface area (Å²) in [6.45, 7) is 0. The molecule has 0 saturated heterocycles. The number of methoxy groups -OCH3 is 1. The van der Waals surface area contributed by atoms with Gasteiger partial charge in [0.15, 0.2) is 0 Å². The fraction of sp³-hybridized carbons (Fsp3) is 0.0667. The monoisotopic (exact) mass is 269 g/mol. The normalized spacial score (nSPS) is 10.4. The number of hydrazone groups is 1. The number of rotatable bonds is 4. The van der Waals surface area contributed by atoms with Crippen molar-refractivity contribution in [1.29, 1.82) is 0 Å². The molecule has 5 heteroatoms. The van der Waals surface area contributed by atoms with Crippen LogP contribution < -0.4 is 15.9 Å². The van der Waals surface area contributed by atoms with E-state index >= 15 is 0 Å². The van der Waals surface area contributed by atoms with Crippen LogP contribution in [0, 0.1) is 0 Å². The lowest BCUT2D eigenvalue weighted by molar-refractivity contribution is 0.249. The molecule has 0 bridgehead atoms. The maximum atomic E-state index is 10.6. The summed E-state index contributed by atoms with van der Waals surface area (Å²) in [6, 6.07) is 14.7. The van der Waals surface area contributed by atoms with Gasteiger partial charge in [-0.15, -0.1) is 0 Å². The van der Waals surface area contributed by atoms with Crippen molar-refractivity contribution in [2.75, 3.05) is 7.11 Å². The third-order valence-electron chi connectivity index (χ3n) is 2.72. The molecular formula is C15H15N3O2. The molecule has 5 nitrogen and oxygen atoms in total. The number of amides is 2. The van der Waals surface area contributed by atoms with Crippen LogP contribution in [-0.4, -0.2) is 19.4 Å². The van der Waals surface area contributed by atoms with Crippen molar-refractivity contribution in [2.24, 2.45) is 10.8 Å².